The topological polar surface area (TPSA) is 38.0 Å². The second-order valence-electron chi connectivity index (χ2n) is 3.68. The smallest absolute Gasteiger partial charge is 0.0681 e. The molecule has 2 aromatic rings. The van der Waals surface area contributed by atoms with Crippen LogP contribution in [0.1, 0.15) is 16.8 Å². The van der Waals surface area contributed by atoms with Gasteiger partial charge in [-0.25, -0.2) is 4.68 Å². The molecule has 0 unspecified atom stereocenters. The van der Waals surface area contributed by atoms with E-state index in [1.807, 2.05) is 49.0 Å². The monoisotopic (exact) mass is 202 g/mol. The van der Waals surface area contributed by atoms with E-state index >= 15 is 0 Å². The van der Waals surface area contributed by atoms with Gasteiger partial charge in [-0.1, -0.05) is 12.1 Å². The Balaban J connectivity index is 2.45. The molecule has 3 nitrogen and oxygen atoms in total. The Bertz CT molecular complexity index is 474. The van der Waals surface area contributed by atoms with E-state index in [-0.39, 0.29) is 6.61 Å². The fourth-order valence-electron chi connectivity index (χ4n) is 1.62. The van der Waals surface area contributed by atoms with E-state index in [2.05, 4.69) is 5.10 Å². The van der Waals surface area contributed by atoms with Gasteiger partial charge in [-0.05, 0) is 37.1 Å². The molecule has 0 amide bonds. The average molecular weight is 202 g/mol. The van der Waals surface area contributed by atoms with Crippen molar-refractivity contribution in [2.45, 2.75) is 20.5 Å². The van der Waals surface area contributed by atoms with E-state index < -0.39 is 0 Å². The molecule has 15 heavy (non-hydrogen) atoms. The van der Waals surface area contributed by atoms with Gasteiger partial charge in [0.2, 0.25) is 0 Å². The van der Waals surface area contributed by atoms with Gasteiger partial charge in [0.15, 0.2) is 0 Å². The molecular weight excluding hydrogens is 188 g/mol. The minimum absolute atomic E-state index is 0.0826. The molecule has 1 aromatic carbocycles. The molecule has 0 fully saturated rings. The first-order chi connectivity index (χ1) is 7.20. The molecule has 0 bridgehead atoms. The summed E-state index contributed by atoms with van der Waals surface area (Å²) in [6.07, 6.45) is 1.94. The first-order valence-electron chi connectivity index (χ1n) is 4.94. The Hall–Kier alpha value is -1.61. The van der Waals surface area contributed by atoms with Crippen LogP contribution in [0.15, 0.2) is 30.5 Å². The van der Waals surface area contributed by atoms with Crippen LogP contribution in [0, 0.1) is 13.8 Å². The van der Waals surface area contributed by atoms with Crippen molar-refractivity contribution in [1.29, 1.82) is 0 Å². The zero-order valence-electron chi connectivity index (χ0n) is 8.94. The third-order valence-corrected chi connectivity index (χ3v) is 2.41. The molecule has 0 atom stereocenters. The lowest BCUT2D eigenvalue weighted by Crippen LogP contribution is -1.99. The third kappa shape index (κ3) is 1.92. The van der Waals surface area contributed by atoms with Gasteiger partial charge < -0.3 is 5.11 Å². The van der Waals surface area contributed by atoms with Gasteiger partial charge in [0.1, 0.15) is 0 Å². The number of benzene rings is 1. The SMILES string of the molecule is Cc1ccn(-c2ccc(CO)cc2C)n1. The second kappa shape index (κ2) is 3.87. The van der Waals surface area contributed by atoms with Crippen molar-refractivity contribution >= 4 is 0 Å². The Labute approximate surface area is 89.0 Å². The summed E-state index contributed by atoms with van der Waals surface area (Å²) >= 11 is 0. The lowest BCUT2D eigenvalue weighted by atomic mass is 10.1. The van der Waals surface area contributed by atoms with E-state index in [4.69, 9.17) is 5.11 Å². The summed E-state index contributed by atoms with van der Waals surface area (Å²) in [5.41, 5.74) is 4.10. The van der Waals surface area contributed by atoms with Gasteiger partial charge in [-0.3, -0.25) is 0 Å². The molecule has 1 aromatic heterocycles. The zero-order chi connectivity index (χ0) is 10.8. The molecular formula is C12H14N2O. The number of hydrogen-bond donors (Lipinski definition) is 1. The molecule has 0 saturated carbocycles. The highest BCUT2D eigenvalue weighted by molar-refractivity contribution is 5.42. The third-order valence-electron chi connectivity index (χ3n) is 2.41. The normalized spacial score (nSPS) is 10.6. The number of aliphatic hydroxyl groups is 1. The Kier molecular flexibility index (Phi) is 2.56. The quantitative estimate of drug-likeness (QED) is 0.808. The highest BCUT2D eigenvalue weighted by Crippen LogP contribution is 2.15. The summed E-state index contributed by atoms with van der Waals surface area (Å²) in [6.45, 7) is 4.07. The molecule has 0 aliphatic carbocycles. The number of aliphatic hydroxyl groups excluding tert-OH is 1. The molecule has 0 aliphatic heterocycles. The summed E-state index contributed by atoms with van der Waals surface area (Å²) in [4.78, 5) is 0. The minimum atomic E-state index is 0.0826. The minimum Gasteiger partial charge on any atom is -0.392 e. The summed E-state index contributed by atoms with van der Waals surface area (Å²) in [5, 5.41) is 13.4. The maximum atomic E-state index is 9.01. The Morgan fingerprint density at radius 3 is 2.60 bits per heavy atom. The number of hydrogen-bond acceptors (Lipinski definition) is 2. The van der Waals surface area contributed by atoms with E-state index in [9.17, 15) is 0 Å². The van der Waals surface area contributed by atoms with E-state index in [0.29, 0.717) is 0 Å². The van der Waals surface area contributed by atoms with Gasteiger partial charge in [-0.15, -0.1) is 0 Å². The molecule has 78 valence electrons. The maximum Gasteiger partial charge on any atom is 0.0681 e. The van der Waals surface area contributed by atoms with Crippen LogP contribution in [-0.2, 0) is 6.61 Å². The molecule has 0 radical (unpaired) electrons. The highest BCUT2D eigenvalue weighted by atomic mass is 16.3. The lowest BCUT2D eigenvalue weighted by molar-refractivity contribution is 0.282. The van der Waals surface area contributed by atoms with Gasteiger partial charge >= 0.3 is 0 Å². The molecule has 0 spiro atoms. The van der Waals surface area contributed by atoms with Gasteiger partial charge in [0.05, 0.1) is 18.0 Å². The largest absolute Gasteiger partial charge is 0.392 e. The van der Waals surface area contributed by atoms with Crippen molar-refractivity contribution < 1.29 is 5.11 Å². The van der Waals surface area contributed by atoms with Crippen LogP contribution in [0.25, 0.3) is 5.69 Å². The first kappa shape index (κ1) is 9.93. The molecule has 0 aliphatic rings. The van der Waals surface area contributed by atoms with Crippen LogP contribution in [0.4, 0.5) is 0 Å². The lowest BCUT2D eigenvalue weighted by Gasteiger charge is -2.07. The van der Waals surface area contributed by atoms with Gasteiger partial charge in [0, 0.05) is 6.20 Å². The van der Waals surface area contributed by atoms with Crippen LogP contribution in [0.3, 0.4) is 0 Å². The predicted molar refractivity (Wildman–Crippen MR) is 59.0 cm³/mol. The predicted octanol–water partition coefficient (Wildman–Crippen LogP) is 1.98. The van der Waals surface area contributed by atoms with Crippen molar-refractivity contribution in [3.05, 3.63) is 47.3 Å². The van der Waals surface area contributed by atoms with Crippen LogP contribution >= 0.6 is 0 Å². The van der Waals surface area contributed by atoms with Crippen molar-refractivity contribution in [1.82, 2.24) is 9.78 Å². The first-order valence-corrected chi connectivity index (χ1v) is 4.94. The second-order valence-corrected chi connectivity index (χ2v) is 3.68. The van der Waals surface area contributed by atoms with Crippen LogP contribution in [-0.4, -0.2) is 14.9 Å². The van der Waals surface area contributed by atoms with Crippen molar-refractivity contribution in [3.8, 4) is 5.69 Å². The van der Waals surface area contributed by atoms with Crippen LogP contribution in [0.2, 0.25) is 0 Å². The number of rotatable bonds is 2. The number of aromatic nitrogens is 2. The summed E-state index contributed by atoms with van der Waals surface area (Å²) in [5.74, 6) is 0. The number of aryl methyl sites for hydroxylation is 2. The standard InChI is InChI=1S/C12H14N2O/c1-9-7-11(8-15)3-4-12(9)14-6-5-10(2)13-14/h3-7,15H,8H2,1-2H3. The summed E-state index contributed by atoms with van der Waals surface area (Å²) < 4.78 is 1.85. The fourth-order valence-corrected chi connectivity index (χ4v) is 1.62. The van der Waals surface area contributed by atoms with E-state index in [1.165, 1.54) is 0 Å². The van der Waals surface area contributed by atoms with Crippen molar-refractivity contribution in [3.63, 3.8) is 0 Å². The molecule has 2 rings (SSSR count). The van der Waals surface area contributed by atoms with Crippen LogP contribution in [0.5, 0.6) is 0 Å². The summed E-state index contributed by atoms with van der Waals surface area (Å²) in [7, 11) is 0. The van der Waals surface area contributed by atoms with E-state index in [1.54, 1.807) is 0 Å². The summed E-state index contributed by atoms with van der Waals surface area (Å²) in [6, 6.07) is 7.85. The van der Waals surface area contributed by atoms with Crippen molar-refractivity contribution in [2.75, 3.05) is 0 Å². The maximum absolute atomic E-state index is 9.01. The Morgan fingerprint density at radius 2 is 2.07 bits per heavy atom. The molecule has 1 heterocycles. The molecule has 0 saturated heterocycles. The number of nitrogens with zero attached hydrogens (tertiary/aromatic N) is 2. The fraction of sp³-hybridized carbons (Fsp3) is 0.250. The highest BCUT2D eigenvalue weighted by Gasteiger charge is 2.02. The molecule has 1 N–H and O–H groups in total. The van der Waals surface area contributed by atoms with E-state index in [0.717, 1.165) is 22.5 Å². The zero-order valence-corrected chi connectivity index (χ0v) is 8.94. The van der Waals surface area contributed by atoms with Gasteiger partial charge in [0.25, 0.3) is 0 Å². The molecule has 3 heteroatoms. The van der Waals surface area contributed by atoms with Gasteiger partial charge in [-0.2, -0.15) is 5.10 Å². The van der Waals surface area contributed by atoms with Crippen molar-refractivity contribution in [2.24, 2.45) is 0 Å². The Morgan fingerprint density at radius 1 is 1.27 bits per heavy atom. The van der Waals surface area contributed by atoms with Crippen LogP contribution < -0.4 is 0 Å². The average Bonchev–Trinajstić information content (AvgIpc) is 2.64.